The number of likely N-dealkylation sites (tertiary alicyclic amines) is 1. The van der Waals surface area contributed by atoms with Gasteiger partial charge in [0.05, 0.1) is 18.1 Å². The molecule has 2 rings (SSSR count). The van der Waals surface area contributed by atoms with Crippen molar-refractivity contribution < 1.29 is 23.9 Å². The number of Topliss-reactive ketones (excluding diaryl/α,β-unsaturated/α-hetero) is 1. The fourth-order valence-corrected chi connectivity index (χ4v) is 12.9. The van der Waals surface area contributed by atoms with Crippen LogP contribution in [0.3, 0.4) is 0 Å². The number of aromatic nitrogens is 2. The zero-order chi connectivity index (χ0) is 33.5. The van der Waals surface area contributed by atoms with Crippen LogP contribution in [-0.4, -0.2) is 81.8 Å². The number of hydrogen-bond acceptors (Lipinski definition) is 5. The molecule has 1 amide bonds. The number of carbonyl (C=O) groups excluding carboxylic acids is 2. The second-order valence-corrected chi connectivity index (χ2v) is 23.0. The summed E-state index contributed by atoms with van der Waals surface area (Å²) >= 11 is 0. The number of β-lactam (4-membered cyclic amide) rings is 1. The number of carboxylic acid groups (broad SMARTS) is 1. The third-order valence-corrected chi connectivity index (χ3v) is 19.4. The highest BCUT2D eigenvalue weighted by Crippen LogP contribution is 2.54. The summed E-state index contributed by atoms with van der Waals surface area (Å²) in [7, 11) is -2.24. The molecular formula is C34H62N3O5PSi. The second kappa shape index (κ2) is 16.2. The Hall–Kier alpha value is -1.70. The second-order valence-electron chi connectivity index (χ2n) is 14.2. The molecule has 252 valence electrons. The van der Waals surface area contributed by atoms with Gasteiger partial charge in [-0.1, -0.05) is 74.6 Å². The Morgan fingerprint density at radius 1 is 1.02 bits per heavy atom. The highest BCUT2D eigenvalue weighted by Gasteiger charge is 2.56. The lowest BCUT2D eigenvalue weighted by molar-refractivity contribution is -0.155. The average Bonchev–Trinajstić information content (AvgIpc) is 3.38. The van der Waals surface area contributed by atoms with Crippen molar-refractivity contribution in [2.24, 2.45) is 5.92 Å². The highest BCUT2D eigenvalue weighted by atomic mass is 31.2. The number of amides is 1. The molecule has 44 heavy (non-hydrogen) atoms. The van der Waals surface area contributed by atoms with Gasteiger partial charge in [-0.05, 0) is 82.2 Å². The average molecular weight is 652 g/mol. The van der Waals surface area contributed by atoms with Gasteiger partial charge >= 0.3 is 5.97 Å². The standard InChI is InChI=1S/C34H62N3O5PSi/c1-12-17-20-43(21-18-13-2,22-19-14-3)32(33(40)41)37-28(24-29(38)27-23-26(15-4)36(16-5)35-27)30(31(37)39)25(6)42-44(10,11)34(7,8)9/h23,25,28,30H,12-22,24H2,1-11H3,(H,40,41). The molecule has 1 fully saturated rings. The Morgan fingerprint density at radius 3 is 1.93 bits per heavy atom. The summed E-state index contributed by atoms with van der Waals surface area (Å²) in [5.41, 5.74) is 1.69. The predicted octanol–water partition coefficient (Wildman–Crippen LogP) is 7.91. The maximum atomic E-state index is 14.3. The summed E-state index contributed by atoms with van der Waals surface area (Å²) < 4.78 is 8.58. The van der Waals surface area contributed by atoms with Crippen LogP contribution in [0.5, 0.6) is 0 Å². The van der Waals surface area contributed by atoms with Crippen molar-refractivity contribution >= 4 is 38.3 Å². The topological polar surface area (TPSA) is 102 Å². The van der Waals surface area contributed by atoms with E-state index < -0.39 is 39.2 Å². The molecule has 1 aromatic heterocycles. The van der Waals surface area contributed by atoms with Crippen LogP contribution >= 0.6 is 6.89 Å². The number of aryl methyl sites for hydroxylation is 2. The molecule has 1 N–H and O–H groups in total. The third kappa shape index (κ3) is 8.55. The first-order valence-electron chi connectivity index (χ1n) is 17.1. The summed E-state index contributed by atoms with van der Waals surface area (Å²) in [6, 6.07) is 1.28. The normalized spacial score (nSPS) is 18.3. The van der Waals surface area contributed by atoms with E-state index >= 15 is 0 Å². The summed E-state index contributed by atoms with van der Waals surface area (Å²) in [6.07, 6.45) is 8.60. The van der Waals surface area contributed by atoms with Crippen LogP contribution in [0.2, 0.25) is 18.1 Å². The molecule has 1 aliphatic heterocycles. The van der Waals surface area contributed by atoms with Gasteiger partial charge in [0.1, 0.15) is 11.1 Å². The van der Waals surface area contributed by atoms with Crippen molar-refractivity contribution in [3.8, 4) is 0 Å². The van der Waals surface area contributed by atoms with E-state index in [9.17, 15) is 19.5 Å². The quantitative estimate of drug-likeness (QED) is 0.0706. The zero-order valence-corrected chi connectivity index (χ0v) is 31.6. The number of nitrogens with zero attached hydrogens (tertiary/aromatic N) is 3. The number of aliphatic carboxylic acids is 1. The molecule has 0 saturated carbocycles. The summed E-state index contributed by atoms with van der Waals surface area (Å²) in [6.45, 7) is 21.7. The Kier molecular flexibility index (Phi) is 14.2. The number of carboxylic acids is 1. The van der Waals surface area contributed by atoms with Crippen molar-refractivity contribution in [2.45, 2.75) is 151 Å². The van der Waals surface area contributed by atoms with Crippen molar-refractivity contribution in [3.63, 3.8) is 0 Å². The van der Waals surface area contributed by atoms with Gasteiger partial charge in [0.25, 0.3) is 0 Å². The minimum atomic E-state index is -2.24. The van der Waals surface area contributed by atoms with Gasteiger partial charge in [-0.2, -0.15) is 5.10 Å². The SMILES string of the molecule is CCCCP(CCCC)(CCCC)=C(C(=O)O)N1C(=O)C(C(C)O[Si](C)(C)C(C)(C)C)C1CC(=O)c1cc(CC)n(CC)n1. The van der Waals surface area contributed by atoms with Gasteiger partial charge in [-0.25, -0.2) is 4.79 Å². The molecule has 10 heteroatoms. The van der Waals surface area contributed by atoms with E-state index in [1.54, 1.807) is 4.90 Å². The molecule has 8 nitrogen and oxygen atoms in total. The summed E-state index contributed by atoms with van der Waals surface area (Å²) in [5, 5.41) is 15.5. The van der Waals surface area contributed by atoms with Gasteiger partial charge in [-0.15, -0.1) is 0 Å². The Balaban J connectivity index is 2.73. The molecule has 2 heterocycles. The molecule has 3 unspecified atom stereocenters. The van der Waals surface area contributed by atoms with Gasteiger partial charge in [-0.3, -0.25) is 14.3 Å². The van der Waals surface area contributed by atoms with E-state index in [-0.39, 0.29) is 23.1 Å². The molecule has 3 atom stereocenters. The largest absolute Gasteiger partial charge is 0.477 e. The number of carbonyl (C=O) groups is 3. The predicted molar refractivity (Wildman–Crippen MR) is 187 cm³/mol. The van der Waals surface area contributed by atoms with Crippen LogP contribution < -0.4 is 0 Å². The maximum absolute atomic E-state index is 14.3. The number of rotatable bonds is 19. The molecule has 0 spiro atoms. The zero-order valence-electron chi connectivity index (χ0n) is 29.7. The monoisotopic (exact) mass is 651 g/mol. The Morgan fingerprint density at radius 2 is 1.55 bits per heavy atom. The Bertz CT molecular complexity index is 1150. The van der Waals surface area contributed by atoms with Crippen LogP contribution in [0, 0.1) is 5.92 Å². The van der Waals surface area contributed by atoms with E-state index in [4.69, 9.17) is 4.43 Å². The lowest BCUT2D eigenvalue weighted by Crippen LogP contribution is -2.69. The van der Waals surface area contributed by atoms with Crippen LogP contribution in [0.1, 0.15) is 123 Å². The van der Waals surface area contributed by atoms with Crippen molar-refractivity contribution in [2.75, 3.05) is 18.5 Å². The van der Waals surface area contributed by atoms with Crippen LogP contribution in [0.25, 0.3) is 0 Å². The molecule has 1 aliphatic rings. The third-order valence-electron chi connectivity index (χ3n) is 9.95. The minimum absolute atomic E-state index is 0.0393. The van der Waals surface area contributed by atoms with E-state index in [0.717, 1.165) is 69.1 Å². The van der Waals surface area contributed by atoms with Crippen LogP contribution in [0.15, 0.2) is 6.07 Å². The van der Waals surface area contributed by atoms with E-state index in [0.29, 0.717) is 17.7 Å². The van der Waals surface area contributed by atoms with E-state index in [1.807, 2.05) is 31.5 Å². The van der Waals surface area contributed by atoms with Gasteiger partial charge in [0.15, 0.2) is 14.1 Å². The van der Waals surface area contributed by atoms with Crippen LogP contribution in [-0.2, 0) is 27.0 Å². The summed E-state index contributed by atoms with van der Waals surface area (Å²) in [5.74, 6) is -1.92. The minimum Gasteiger partial charge on any atom is -0.477 e. The first kappa shape index (κ1) is 38.5. The lowest BCUT2D eigenvalue weighted by Gasteiger charge is -2.52. The molecule has 1 saturated heterocycles. The molecule has 0 aromatic carbocycles. The van der Waals surface area contributed by atoms with E-state index in [1.165, 1.54) is 0 Å². The smallest absolute Gasteiger partial charge is 0.352 e. The van der Waals surface area contributed by atoms with Gasteiger partial charge in [0.2, 0.25) is 5.91 Å². The first-order chi connectivity index (χ1) is 20.5. The number of hydrogen-bond donors (Lipinski definition) is 1. The molecule has 0 aliphatic carbocycles. The maximum Gasteiger partial charge on any atom is 0.352 e. The van der Waals surface area contributed by atoms with Crippen molar-refractivity contribution in [1.82, 2.24) is 14.7 Å². The first-order valence-corrected chi connectivity index (χ1v) is 22.4. The number of unbranched alkanes of at least 4 members (excludes halogenated alkanes) is 3. The van der Waals surface area contributed by atoms with Crippen molar-refractivity contribution in [1.29, 1.82) is 0 Å². The molecular weight excluding hydrogens is 589 g/mol. The van der Waals surface area contributed by atoms with Gasteiger partial charge in [0, 0.05) is 18.7 Å². The number of ketones is 1. The van der Waals surface area contributed by atoms with Crippen molar-refractivity contribution in [3.05, 3.63) is 17.5 Å². The van der Waals surface area contributed by atoms with E-state index in [2.05, 4.69) is 59.7 Å². The lowest BCUT2D eigenvalue weighted by atomic mass is 9.80. The summed E-state index contributed by atoms with van der Waals surface area (Å²) in [4.78, 5) is 43.1. The molecule has 0 bridgehead atoms. The molecule has 1 aromatic rings. The Labute approximate surface area is 268 Å². The van der Waals surface area contributed by atoms with Crippen LogP contribution in [0.4, 0.5) is 0 Å². The molecule has 0 radical (unpaired) electrons. The highest BCUT2D eigenvalue weighted by molar-refractivity contribution is 7.77. The fourth-order valence-electron chi connectivity index (χ4n) is 6.29. The fraction of sp³-hybridized carbons (Fsp3) is 0.794. The van der Waals surface area contributed by atoms with Gasteiger partial charge < -0.3 is 14.4 Å².